The maximum atomic E-state index is 11.7. The standard InChI is InChI=1S/C12H24N4O5/c1-7(10(17)16-21-8(2)12(19)20)15-11(18)9(14)5-3-4-6-13/h7-9H,3-6,13-14H2,1-2H3,(H,15,18)(H,16,17)(H,19,20). The van der Waals surface area contributed by atoms with E-state index in [0.29, 0.717) is 13.0 Å². The highest BCUT2D eigenvalue weighted by Crippen LogP contribution is 1.98. The normalized spacial score (nSPS) is 14.9. The molecule has 0 aliphatic rings. The van der Waals surface area contributed by atoms with Crippen molar-refractivity contribution in [2.45, 2.75) is 51.3 Å². The summed E-state index contributed by atoms with van der Waals surface area (Å²) in [7, 11) is 0. The lowest BCUT2D eigenvalue weighted by molar-refractivity contribution is -0.159. The molecule has 0 rings (SSSR count). The highest BCUT2D eigenvalue weighted by Gasteiger charge is 2.21. The highest BCUT2D eigenvalue weighted by atomic mass is 16.7. The first kappa shape index (κ1) is 19.3. The number of hydrogen-bond donors (Lipinski definition) is 5. The van der Waals surface area contributed by atoms with Crippen LogP contribution in [0.15, 0.2) is 0 Å². The average molecular weight is 304 g/mol. The number of carbonyl (C=O) groups excluding carboxylic acids is 2. The summed E-state index contributed by atoms with van der Waals surface area (Å²) in [5.41, 5.74) is 13.0. The number of hydrogen-bond acceptors (Lipinski definition) is 6. The van der Waals surface area contributed by atoms with Crippen molar-refractivity contribution >= 4 is 17.8 Å². The van der Waals surface area contributed by atoms with Gasteiger partial charge in [-0.15, -0.1) is 0 Å². The van der Waals surface area contributed by atoms with Crippen LogP contribution in [-0.4, -0.2) is 47.6 Å². The summed E-state index contributed by atoms with van der Waals surface area (Å²) in [4.78, 5) is 38.4. The zero-order valence-electron chi connectivity index (χ0n) is 12.3. The molecule has 0 aromatic rings. The highest BCUT2D eigenvalue weighted by molar-refractivity contribution is 5.89. The molecule has 0 saturated heterocycles. The van der Waals surface area contributed by atoms with Gasteiger partial charge in [0, 0.05) is 0 Å². The van der Waals surface area contributed by atoms with E-state index in [1.807, 2.05) is 5.48 Å². The molecule has 0 aliphatic carbocycles. The Morgan fingerprint density at radius 3 is 2.33 bits per heavy atom. The van der Waals surface area contributed by atoms with E-state index in [1.165, 1.54) is 13.8 Å². The molecule has 0 aromatic carbocycles. The molecule has 0 aromatic heterocycles. The molecular formula is C12H24N4O5. The van der Waals surface area contributed by atoms with Crippen LogP contribution in [0.4, 0.5) is 0 Å². The maximum absolute atomic E-state index is 11.7. The monoisotopic (exact) mass is 304 g/mol. The van der Waals surface area contributed by atoms with Crippen molar-refractivity contribution in [3.63, 3.8) is 0 Å². The quantitative estimate of drug-likeness (QED) is 0.242. The van der Waals surface area contributed by atoms with Crippen LogP contribution < -0.4 is 22.3 Å². The third-order valence-corrected chi connectivity index (χ3v) is 2.74. The zero-order valence-corrected chi connectivity index (χ0v) is 12.3. The third-order valence-electron chi connectivity index (χ3n) is 2.74. The van der Waals surface area contributed by atoms with E-state index in [9.17, 15) is 14.4 Å². The number of carboxylic acid groups (broad SMARTS) is 1. The molecule has 3 atom stereocenters. The Labute approximate surface area is 123 Å². The molecule has 7 N–H and O–H groups in total. The van der Waals surface area contributed by atoms with Crippen LogP contribution in [0.3, 0.4) is 0 Å². The van der Waals surface area contributed by atoms with E-state index in [2.05, 4.69) is 10.2 Å². The summed E-state index contributed by atoms with van der Waals surface area (Å²) in [5, 5.41) is 11.0. The van der Waals surface area contributed by atoms with Crippen LogP contribution >= 0.6 is 0 Å². The molecule has 0 saturated carbocycles. The minimum absolute atomic E-state index is 0.457. The van der Waals surface area contributed by atoms with E-state index in [-0.39, 0.29) is 0 Å². The summed E-state index contributed by atoms with van der Waals surface area (Å²) in [6, 6.07) is -1.61. The minimum atomic E-state index is -1.21. The Morgan fingerprint density at radius 2 is 1.81 bits per heavy atom. The molecular weight excluding hydrogens is 280 g/mol. The summed E-state index contributed by atoms with van der Waals surface area (Å²) >= 11 is 0. The second kappa shape index (κ2) is 10.1. The Morgan fingerprint density at radius 1 is 1.19 bits per heavy atom. The number of hydroxylamine groups is 1. The predicted octanol–water partition coefficient (Wildman–Crippen LogP) is -1.53. The summed E-state index contributed by atoms with van der Waals surface area (Å²) in [6.07, 6.45) is 0.794. The molecule has 2 amide bonds. The van der Waals surface area contributed by atoms with E-state index >= 15 is 0 Å². The molecule has 3 unspecified atom stereocenters. The molecule has 0 heterocycles. The Bertz CT molecular complexity index is 364. The van der Waals surface area contributed by atoms with Crippen LogP contribution in [0.2, 0.25) is 0 Å². The van der Waals surface area contributed by atoms with Gasteiger partial charge < -0.3 is 21.9 Å². The lowest BCUT2D eigenvalue weighted by Crippen LogP contribution is -2.50. The third kappa shape index (κ3) is 8.23. The SMILES string of the molecule is CC(NC(=O)C(N)CCCCN)C(=O)NOC(C)C(=O)O. The number of carbonyl (C=O) groups is 3. The number of nitrogens with one attached hydrogen (secondary N) is 2. The lowest BCUT2D eigenvalue weighted by atomic mass is 10.1. The van der Waals surface area contributed by atoms with E-state index in [0.717, 1.165) is 12.8 Å². The number of amides is 2. The Hall–Kier alpha value is -1.71. The number of rotatable bonds is 10. The van der Waals surface area contributed by atoms with Crippen LogP contribution in [-0.2, 0) is 19.2 Å². The molecule has 9 nitrogen and oxygen atoms in total. The number of nitrogens with two attached hydrogens (primary N) is 2. The van der Waals surface area contributed by atoms with Crippen molar-refractivity contribution in [2.24, 2.45) is 11.5 Å². The van der Waals surface area contributed by atoms with Gasteiger partial charge in [0.1, 0.15) is 6.04 Å². The lowest BCUT2D eigenvalue weighted by Gasteiger charge is -2.17. The Balaban J connectivity index is 4.10. The van der Waals surface area contributed by atoms with Gasteiger partial charge in [0.15, 0.2) is 6.10 Å². The van der Waals surface area contributed by atoms with Gasteiger partial charge in [-0.25, -0.2) is 10.3 Å². The van der Waals surface area contributed by atoms with Crippen LogP contribution in [0.5, 0.6) is 0 Å². The molecule has 21 heavy (non-hydrogen) atoms. The minimum Gasteiger partial charge on any atom is -0.479 e. The fourth-order valence-electron chi connectivity index (χ4n) is 1.31. The van der Waals surface area contributed by atoms with E-state index in [4.69, 9.17) is 16.6 Å². The topological polar surface area (TPSA) is 157 Å². The van der Waals surface area contributed by atoms with E-state index in [1.54, 1.807) is 0 Å². The van der Waals surface area contributed by atoms with Crippen molar-refractivity contribution in [3.8, 4) is 0 Å². The van der Waals surface area contributed by atoms with Crippen molar-refractivity contribution < 1.29 is 24.3 Å². The van der Waals surface area contributed by atoms with Crippen LogP contribution in [0.25, 0.3) is 0 Å². The van der Waals surface area contributed by atoms with Gasteiger partial charge in [-0.3, -0.25) is 14.4 Å². The smallest absolute Gasteiger partial charge is 0.335 e. The van der Waals surface area contributed by atoms with Crippen molar-refractivity contribution in [3.05, 3.63) is 0 Å². The second-order valence-electron chi connectivity index (χ2n) is 4.69. The van der Waals surface area contributed by atoms with Gasteiger partial charge in [-0.1, -0.05) is 6.42 Å². The summed E-state index contributed by atoms with van der Waals surface area (Å²) < 4.78 is 0. The van der Waals surface area contributed by atoms with Gasteiger partial charge in [0.2, 0.25) is 5.91 Å². The molecule has 9 heteroatoms. The predicted molar refractivity (Wildman–Crippen MR) is 74.8 cm³/mol. The van der Waals surface area contributed by atoms with Crippen molar-refractivity contribution in [2.75, 3.05) is 6.54 Å². The summed E-state index contributed by atoms with van der Waals surface area (Å²) in [6.45, 7) is 3.24. The van der Waals surface area contributed by atoms with Crippen molar-refractivity contribution in [1.82, 2.24) is 10.8 Å². The first-order valence-corrected chi connectivity index (χ1v) is 6.74. The maximum Gasteiger partial charge on any atom is 0.335 e. The number of aliphatic carboxylic acids is 1. The summed E-state index contributed by atoms with van der Waals surface area (Å²) in [5.74, 6) is -2.33. The van der Waals surface area contributed by atoms with Crippen molar-refractivity contribution in [1.29, 1.82) is 0 Å². The van der Waals surface area contributed by atoms with Crippen LogP contribution in [0.1, 0.15) is 33.1 Å². The molecule has 0 spiro atoms. The zero-order chi connectivity index (χ0) is 16.4. The molecule has 0 bridgehead atoms. The van der Waals surface area contributed by atoms with Gasteiger partial charge in [-0.05, 0) is 33.2 Å². The average Bonchev–Trinajstić information content (AvgIpc) is 2.43. The molecule has 0 fully saturated rings. The number of unbranched alkanes of at least 4 members (excludes halogenated alkanes) is 1. The van der Waals surface area contributed by atoms with Gasteiger partial charge in [0.05, 0.1) is 6.04 Å². The number of carboxylic acids is 1. The fraction of sp³-hybridized carbons (Fsp3) is 0.750. The largest absolute Gasteiger partial charge is 0.479 e. The van der Waals surface area contributed by atoms with Gasteiger partial charge in [0.25, 0.3) is 5.91 Å². The molecule has 122 valence electrons. The van der Waals surface area contributed by atoms with E-state index < -0.39 is 36.0 Å². The van der Waals surface area contributed by atoms with Crippen LogP contribution in [0, 0.1) is 0 Å². The van der Waals surface area contributed by atoms with Gasteiger partial charge in [-0.2, -0.15) is 0 Å². The van der Waals surface area contributed by atoms with Gasteiger partial charge >= 0.3 is 5.97 Å². The first-order valence-electron chi connectivity index (χ1n) is 6.74. The fourth-order valence-corrected chi connectivity index (χ4v) is 1.31. The Kier molecular flexibility index (Phi) is 9.26. The molecule has 0 radical (unpaired) electrons. The molecule has 0 aliphatic heterocycles. The first-order chi connectivity index (χ1) is 9.79. The second-order valence-corrected chi connectivity index (χ2v) is 4.69.